The van der Waals surface area contributed by atoms with E-state index in [0.717, 1.165) is 5.56 Å². The minimum atomic E-state index is -0.613. The van der Waals surface area contributed by atoms with E-state index in [4.69, 9.17) is 0 Å². The van der Waals surface area contributed by atoms with Crippen molar-refractivity contribution in [1.82, 2.24) is 0 Å². The normalized spacial score (nSPS) is 12.2. The molecule has 0 N–H and O–H groups in total. The number of hydrogen-bond donors (Lipinski definition) is 0. The molecule has 0 spiro atoms. The molecule has 0 aliphatic rings. The van der Waals surface area contributed by atoms with Crippen LogP contribution in [0, 0.1) is 17.0 Å². The quantitative estimate of drug-likeness (QED) is 0.483. The van der Waals surface area contributed by atoms with Gasteiger partial charge in [0.1, 0.15) is 10.6 Å². The summed E-state index contributed by atoms with van der Waals surface area (Å²) < 4.78 is 0. The molecular weight excluding hydrogens is 262 g/mol. The molecule has 0 saturated carbocycles. The van der Waals surface area contributed by atoms with Crippen LogP contribution >= 0.6 is 15.9 Å². The first kappa shape index (κ1) is 11.8. The van der Waals surface area contributed by atoms with E-state index in [1.165, 1.54) is 13.0 Å². The van der Waals surface area contributed by atoms with Crippen molar-refractivity contribution in [2.75, 3.05) is 0 Å². The molecule has 80 valence electrons. The van der Waals surface area contributed by atoms with Crippen LogP contribution in [0.1, 0.15) is 22.9 Å². The molecule has 1 aromatic carbocycles. The lowest BCUT2D eigenvalue weighted by Crippen LogP contribution is -2.05. The second-order valence-corrected chi connectivity index (χ2v) is 4.21. The lowest BCUT2D eigenvalue weighted by molar-refractivity contribution is -0.385. The summed E-state index contributed by atoms with van der Waals surface area (Å²) in [5, 5.41) is 10.7. The first-order chi connectivity index (χ1) is 6.93. The van der Waals surface area contributed by atoms with Gasteiger partial charge in [0.25, 0.3) is 5.69 Å². The van der Waals surface area contributed by atoms with Crippen LogP contribution in [-0.4, -0.2) is 10.7 Å². The summed E-state index contributed by atoms with van der Waals surface area (Å²) in [5.41, 5.74) is 1.27. The Kier molecular flexibility index (Phi) is 3.57. The number of benzene rings is 1. The van der Waals surface area contributed by atoms with Crippen molar-refractivity contribution >= 4 is 27.4 Å². The zero-order valence-corrected chi connectivity index (χ0v) is 9.95. The number of ketones is 1. The summed E-state index contributed by atoms with van der Waals surface area (Å²) in [6, 6.07) is 4.72. The van der Waals surface area contributed by atoms with Crippen LogP contribution in [0.25, 0.3) is 0 Å². The molecule has 0 aromatic heterocycles. The number of hydrogen-bond acceptors (Lipinski definition) is 3. The van der Waals surface area contributed by atoms with Gasteiger partial charge in [0.2, 0.25) is 0 Å². The molecule has 1 unspecified atom stereocenters. The van der Waals surface area contributed by atoms with Crippen molar-refractivity contribution in [2.45, 2.75) is 18.7 Å². The number of nitro benzene ring substituents is 1. The molecule has 0 heterocycles. The van der Waals surface area contributed by atoms with E-state index in [0.29, 0.717) is 5.56 Å². The van der Waals surface area contributed by atoms with Crippen LogP contribution in [0.5, 0.6) is 0 Å². The summed E-state index contributed by atoms with van der Waals surface area (Å²) in [4.78, 5) is 20.8. The van der Waals surface area contributed by atoms with Gasteiger partial charge in [0.15, 0.2) is 0 Å². The third-order valence-corrected chi connectivity index (χ3v) is 3.15. The molecule has 4 nitrogen and oxygen atoms in total. The summed E-state index contributed by atoms with van der Waals surface area (Å²) in [7, 11) is 0. The molecule has 0 amide bonds. The molecule has 0 saturated heterocycles. The van der Waals surface area contributed by atoms with Gasteiger partial charge in [-0.1, -0.05) is 27.6 Å². The fourth-order valence-electron chi connectivity index (χ4n) is 1.26. The Labute approximate surface area is 95.6 Å². The molecule has 0 bridgehead atoms. The smallest absolute Gasteiger partial charge is 0.274 e. The number of carbonyl (C=O) groups excluding carboxylic acids is 1. The molecular formula is C10H10BrNO3. The largest absolute Gasteiger partial charge is 0.298 e. The van der Waals surface area contributed by atoms with E-state index >= 15 is 0 Å². The van der Waals surface area contributed by atoms with E-state index in [1.54, 1.807) is 12.1 Å². The highest BCUT2D eigenvalue weighted by Crippen LogP contribution is 2.32. The van der Waals surface area contributed by atoms with Crippen molar-refractivity contribution in [1.29, 1.82) is 0 Å². The molecule has 15 heavy (non-hydrogen) atoms. The molecule has 0 fully saturated rings. The Balaban J connectivity index is 3.30. The number of nitro groups is 1. The molecule has 0 aliphatic carbocycles. The number of carbonyl (C=O) groups is 1. The van der Waals surface area contributed by atoms with E-state index in [2.05, 4.69) is 15.9 Å². The molecule has 1 atom stereocenters. The van der Waals surface area contributed by atoms with Gasteiger partial charge in [-0.15, -0.1) is 0 Å². The zero-order valence-electron chi connectivity index (χ0n) is 8.36. The maximum Gasteiger partial charge on any atom is 0.274 e. The van der Waals surface area contributed by atoms with Gasteiger partial charge in [-0.25, -0.2) is 0 Å². The number of nitrogens with zero attached hydrogens (tertiary/aromatic N) is 1. The topological polar surface area (TPSA) is 60.2 Å². The summed E-state index contributed by atoms with van der Waals surface area (Å²) in [5.74, 6) is -0.149. The van der Waals surface area contributed by atoms with Gasteiger partial charge >= 0.3 is 0 Å². The van der Waals surface area contributed by atoms with Gasteiger partial charge in [0.05, 0.1) is 10.5 Å². The number of alkyl halides is 1. The van der Waals surface area contributed by atoms with Crippen LogP contribution < -0.4 is 0 Å². The average molecular weight is 272 g/mol. The summed E-state index contributed by atoms with van der Waals surface area (Å²) >= 11 is 3.15. The van der Waals surface area contributed by atoms with Crippen LogP contribution in [0.3, 0.4) is 0 Å². The van der Waals surface area contributed by atoms with Gasteiger partial charge in [-0.3, -0.25) is 14.9 Å². The molecule has 5 heteroatoms. The fraction of sp³-hybridized carbons (Fsp3) is 0.300. The predicted molar refractivity (Wildman–Crippen MR) is 60.2 cm³/mol. The van der Waals surface area contributed by atoms with Crippen molar-refractivity contribution < 1.29 is 9.72 Å². The second-order valence-electron chi connectivity index (χ2n) is 3.29. The van der Waals surface area contributed by atoms with E-state index in [1.807, 2.05) is 6.92 Å². The Hall–Kier alpha value is -1.23. The number of Topliss-reactive ketones (excluding diaryl/α,β-unsaturated/α-hetero) is 1. The number of aryl methyl sites for hydroxylation is 1. The Bertz CT molecular complexity index is 417. The minimum absolute atomic E-state index is 0.0299. The number of halogens is 1. The van der Waals surface area contributed by atoms with E-state index in [9.17, 15) is 14.9 Å². The Morgan fingerprint density at radius 3 is 2.60 bits per heavy atom. The maximum absolute atomic E-state index is 11.2. The van der Waals surface area contributed by atoms with Crippen molar-refractivity contribution in [3.8, 4) is 0 Å². The van der Waals surface area contributed by atoms with Gasteiger partial charge in [0, 0.05) is 6.07 Å². The van der Waals surface area contributed by atoms with Crippen LogP contribution in [0.15, 0.2) is 18.2 Å². The van der Waals surface area contributed by atoms with Gasteiger partial charge < -0.3 is 0 Å². The zero-order chi connectivity index (χ0) is 11.6. The first-order valence-electron chi connectivity index (χ1n) is 4.33. The lowest BCUT2D eigenvalue weighted by Gasteiger charge is -2.07. The average Bonchev–Trinajstić information content (AvgIpc) is 2.15. The Morgan fingerprint density at radius 2 is 2.13 bits per heavy atom. The SMILES string of the molecule is CC(=O)C(Br)c1cc(C)ccc1[N+](=O)[O-]. The summed E-state index contributed by atoms with van der Waals surface area (Å²) in [6.07, 6.45) is 0. The van der Waals surface area contributed by atoms with Crippen LogP contribution in [0.4, 0.5) is 5.69 Å². The molecule has 0 aliphatic heterocycles. The standard InChI is InChI=1S/C10H10BrNO3/c1-6-3-4-9(12(14)15)8(5-6)10(11)7(2)13/h3-5,10H,1-2H3. The third-order valence-electron chi connectivity index (χ3n) is 2.01. The van der Waals surface area contributed by atoms with Crippen LogP contribution in [-0.2, 0) is 4.79 Å². The second kappa shape index (κ2) is 4.53. The Morgan fingerprint density at radius 1 is 1.53 bits per heavy atom. The third kappa shape index (κ3) is 2.62. The highest BCUT2D eigenvalue weighted by atomic mass is 79.9. The fourth-order valence-corrected chi connectivity index (χ4v) is 1.63. The van der Waals surface area contributed by atoms with E-state index < -0.39 is 9.75 Å². The monoisotopic (exact) mass is 271 g/mol. The molecule has 1 aromatic rings. The minimum Gasteiger partial charge on any atom is -0.298 e. The van der Waals surface area contributed by atoms with Crippen molar-refractivity contribution in [3.63, 3.8) is 0 Å². The van der Waals surface area contributed by atoms with Crippen molar-refractivity contribution in [2.24, 2.45) is 0 Å². The molecule has 0 radical (unpaired) electrons. The predicted octanol–water partition coefficient (Wildman–Crippen LogP) is 2.93. The molecule has 1 rings (SSSR count). The van der Waals surface area contributed by atoms with Crippen LogP contribution in [0.2, 0.25) is 0 Å². The first-order valence-corrected chi connectivity index (χ1v) is 5.24. The highest BCUT2D eigenvalue weighted by molar-refractivity contribution is 9.09. The van der Waals surface area contributed by atoms with Gasteiger partial charge in [-0.05, 0) is 19.9 Å². The lowest BCUT2D eigenvalue weighted by atomic mass is 10.0. The highest BCUT2D eigenvalue weighted by Gasteiger charge is 2.22. The summed E-state index contributed by atoms with van der Waals surface area (Å²) in [6.45, 7) is 3.22. The van der Waals surface area contributed by atoms with E-state index in [-0.39, 0.29) is 11.5 Å². The van der Waals surface area contributed by atoms with Crippen molar-refractivity contribution in [3.05, 3.63) is 39.4 Å². The number of rotatable bonds is 3. The van der Waals surface area contributed by atoms with Gasteiger partial charge in [-0.2, -0.15) is 0 Å². The maximum atomic E-state index is 11.2.